The van der Waals surface area contributed by atoms with Gasteiger partial charge in [0.05, 0.1) is 0 Å². The Morgan fingerprint density at radius 3 is 2.16 bits per heavy atom. The maximum Gasteiger partial charge on any atom is 0.324 e. The Kier molecular flexibility index (Phi) is 5.49. The van der Waals surface area contributed by atoms with Crippen molar-refractivity contribution in [2.45, 2.75) is 13.8 Å². The molecule has 0 bridgehead atoms. The normalized spacial score (nSPS) is 9.84. The molecule has 0 aliphatic carbocycles. The van der Waals surface area contributed by atoms with Crippen molar-refractivity contribution in [3.63, 3.8) is 0 Å². The number of hydrogen-bond donors (Lipinski definition) is 3. The summed E-state index contributed by atoms with van der Waals surface area (Å²) < 4.78 is 8.46. The first kappa shape index (κ1) is 15.2. The second-order valence-corrected chi connectivity index (χ2v) is 4.45. The maximum atomic E-state index is 8.46. The number of anilines is 2. The molecule has 0 radical (unpaired) electrons. The fourth-order valence-corrected chi connectivity index (χ4v) is 1.98. The fourth-order valence-electron chi connectivity index (χ4n) is 1.98. The summed E-state index contributed by atoms with van der Waals surface area (Å²) in [6.07, 6.45) is 0. The lowest BCUT2D eigenvalue weighted by atomic mass is 9.98. The van der Waals surface area contributed by atoms with Gasteiger partial charge in [-0.05, 0) is 60.4 Å². The van der Waals surface area contributed by atoms with Crippen molar-refractivity contribution < 1.29 is 9.46 Å². The highest BCUT2D eigenvalue weighted by Crippen LogP contribution is 2.27. The minimum Gasteiger partial charge on any atom is -0.399 e. The van der Waals surface area contributed by atoms with Crippen molar-refractivity contribution in [2.75, 3.05) is 11.5 Å². The standard InChI is InChI=1S/C14H16N2.HO2P/c1-9-5-11(8-13(16)6-9)14-4-3-12(15)7-10(14)2;1-3-2/h3-8H,15-16H2,1-2H3;(H,1,2). The lowest BCUT2D eigenvalue weighted by molar-refractivity contribution is 0.524. The van der Waals surface area contributed by atoms with Crippen molar-refractivity contribution in [3.05, 3.63) is 47.5 Å². The third-order valence-electron chi connectivity index (χ3n) is 2.66. The average Bonchev–Trinajstić information content (AvgIpc) is 2.28. The maximum absolute atomic E-state index is 8.46. The van der Waals surface area contributed by atoms with Gasteiger partial charge in [-0.3, -0.25) is 0 Å². The van der Waals surface area contributed by atoms with E-state index in [0.717, 1.165) is 16.9 Å². The van der Waals surface area contributed by atoms with Gasteiger partial charge in [0.15, 0.2) is 0 Å². The van der Waals surface area contributed by atoms with Crippen molar-refractivity contribution in [1.29, 1.82) is 0 Å². The average molecular weight is 276 g/mol. The third-order valence-corrected chi connectivity index (χ3v) is 2.66. The van der Waals surface area contributed by atoms with Crippen LogP contribution in [0.4, 0.5) is 11.4 Å². The number of benzene rings is 2. The van der Waals surface area contributed by atoms with E-state index in [1.54, 1.807) is 0 Å². The van der Waals surface area contributed by atoms with E-state index in [2.05, 4.69) is 13.0 Å². The van der Waals surface area contributed by atoms with Crippen LogP contribution in [0.15, 0.2) is 36.4 Å². The zero-order valence-corrected chi connectivity index (χ0v) is 11.8. The Hall–Kier alpha value is -1.90. The molecule has 0 aromatic heterocycles. The summed E-state index contributed by atoms with van der Waals surface area (Å²) in [5.74, 6) is 0. The molecule has 0 aliphatic heterocycles. The van der Waals surface area contributed by atoms with Crippen molar-refractivity contribution in [1.82, 2.24) is 0 Å². The van der Waals surface area contributed by atoms with E-state index in [0.29, 0.717) is 0 Å². The quantitative estimate of drug-likeness (QED) is 0.550. The van der Waals surface area contributed by atoms with Crippen LogP contribution in [0.3, 0.4) is 0 Å². The predicted molar refractivity (Wildman–Crippen MR) is 80.0 cm³/mol. The molecule has 0 heterocycles. The van der Waals surface area contributed by atoms with Crippen LogP contribution in [0.1, 0.15) is 11.1 Å². The van der Waals surface area contributed by atoms with Crippen LogP contribution < -0.4 is 11.5 Å². The molecule has 0 fully saturated rings. The molecule has 4 nitrogen and oxygen atoms in total. The first-order valence-electron chi connectivity index (χ1n) is 5.68. The molecule has 0 amide bonds. The molecule has 5 heteroatoms. The van der Waals surface area contributed by atoms with Gasteiger partial charge < -0.3 is 16.4 Å². The van der Waals surface area contributed by atoms with Crippen LogP contribution in [0.5, 0.6) is 0 Å². The van der Waals surface area contributed by atoms with E-state index < -0.39 is 8.69 Å². The zero-order chi connectivity index (χ0) is 14.4. The summed E-state index contributed by atoms with van der Waals surface area (Å²) in [6, 6.07) is 12.0. The zero-order valence-electron chi connectivity index (χ0n) is 10.9. The summed E-state index contributed by atoms with van der Waals surface area (Å²) >= 11 is 0. The minimum absolute atomic E-state index is 0.793. The van der Waals surface area contributed by atoms with Gasteiger partial charge >= 0.3 is 8.69 Å². The number of rotatable bonds is 1. The van der Waals surface area contributed by atoms with E-state index in [9.17, 15) is 0 Å². The van der Waals surface area contributed by atoms with E-state index in [4.69, 9.17) is 20.9 Å². The highest BCUT2D eigenvalue weighted by Gasteiger charge is 2.03. The van der Waals surface area contributed by atoms with E-state index >= 15 is 0 Å². The summed E-state index contributed by atoms with van der Waals surface area (Å²) in [7, 11) is -0.833. The first-order valence-corrected chi connectivity index (χ1v) is 6.45. The van der Waals surface area contributed by atoms with Crippen LogP contribution in [0.25, 0.3) is 11.1 Å². The van der Waals surface area contributed by atoms with Gasteiger partial charge in [-0.1, -0.05) is 12.1 Å². The third kappa shape index (κ3) is 4.36. The molecular weight excluding hydrogens is 259 g/mol. The molecule has 2 rings (SSSR count). The molecule has 0 unspecified atom stereocenters. The minimum atomic E-state index is -0.833. The largest absolute Gasteiger partial charge is 0.399 e. The van der Waals surface area contributed by atoms with Gasteiger partial charge in [0.25, 0.3) is 0 Å². The van der Waals surface area contributed by atoms with E-state index in [1.807, 2.05) is 37.3 Å². The monoisotopic (exact) mass is 276 g/mol. The molecular formula is C14H17N2O2P. The predicted octanol–water partition coefficient (Wildman–Crippen LogP) is 3.32. The molecule has 0 aliphatic rings. The van der Waals surface area contributed by atoms with Crippen LogP contribution in [0, 0.1) is 13.8 Å². The lowest BCUT2D eigenvalue weighted by Crippen LogP contribution is -1.91. The van der Waals surface area contributed by atoms with Crippen LogP contribution >= 0.6 is 8.69 Å². The Morgan fingerprint density at radius 2 is 1.63 bits per heavy atom. The Bertz CT molecular complexity index is 565. The molecule has 19 heavy (non-hydrogen) atoms. The van der Waals surface area contributed by atoms with Gasteiger partial charge in [0, 0.05) is 11.4 Å². The van der Waals surface area contributed by atoms with Crippen molar-refractivity contribution >= 4 is 20.1 Å². The summed E-state index contributed by atoms with van der Waals surface area (Å²) in [5.41, 5.74) is 17.9. The Balaban J connectivity index is 0.000000550. The highest BCUT2D eigenvalue weighted by atomic mass is 31.1. The number of nitrogen functional groups attached to an aromatic ring is 2. The molecule has 0 spiro atoms. The van der Waals surface area contributed by atoms with Crippen molar-refractivity contribution in [3.8, 4) is 11.1 Å². The topological polar surface area (TPSA) is 89.3 Å². The second-order valence-electron chi connectivity index (χ2n) is 4.29. The summed E-state index contributed by atoms with van der Waals surface area (Å²) in [6.45, 7) is 4.11. The van der Waals surface area contributed by atoms with E-state index in [-0.39, 0.29) is 0 Å². The van der Waals surface area contributed by atoms with Crippen LogP contribution in [-0.4, -0.2) is 4.89 Å². The number of nitrogens with two attached hydrogens (primary N) is 2. The number of aryl methyl sites for hydroxylation is 2. The Morgan fingerprint density at radius 1 is 1.00 bits per heavy atom. The molecule has 0 atom stereocenters. The van der Waals surface area contributed by atoms with E-state index in [1.165, 1.54) is 16.7 Å². The molecule has 0 saturated heterocycles. The number of hydrogen-bond acceptors (Lipinski definition) is 3. The van der Waals surface area contributed by atoms with Crippen LogP contribution in [0.2, 0.25) is 0 Å². The van der Waals surface area contributed by atoms with Gasteiger partial charge in [0.1, 0.15) is 0 Å². The lowest BCUT2D eigenvalue weighted by Gasteiger charge is -2.09. The van der Waals surface area contributed by atoms with Gasteiger partial charge in [-0.25, -0.2) is 4.57 Å². The van der Waals surface area contributed by atoms with Gasteiger partial charge in [-0.15, -0.1) is 0 Å². The molecule has 2 aromatic rings. The van der Waals surface area contributed by atoms with Crippen molar-refractivity contribution in [2.24, 2.45) is 0 Å². The Labute approximate surface area is 114 Å². The highest BCUT2D eigenvalue weighted by molar-refractivity contribution is 7.16. The SMILES string of the molecule is Cc1cc(N)cc(-c2ccc(N)cc2C)c1.O=PO. The van der Waals surface area contributed by atoms with Gasteiger partial charge in [-0.2, -0.15) is 0 Å². The van der Waals surface area contributed by atoms with Gasteiger partial charge in [0.2, 0.25) is 0 Å². The molecule has 5 N–H and O–H groups in total. The fraction of sp³-hybridized carbons (Fsp3) is 0.143. The van der Waals surface area contributed by atoms with Crippen LogP contribution in [-0.2, 0) is 4.57 Å². The molecule has 0 saturated carbocycles. The second kappa shape index (κ2) is 6.88. The smallest absolute Gasteiger partial charge is 0.324 e. The molecule has 2 aromatic carbocycles. The summed E-state index contributed by atoms with van der Waals surface area (Å²) in [4.78, 5) is 6.99. The first-order chi connectivity index (χ1) is 8.97. The molecule has 100 valence electrons. The summed E-state index contributed by atoms with van der Waals surface area (Å²) in [5, 5.41) is 0.